The lowest BCUT2D eigenvalue weighted by Gasteiger charge is -2.04. The van der Waals surface area contributed by atoms with Crippen LogP contribution in [0.3, 0.4) is 0 Å². The molecule has 0 aromatic carbocycles. The van der Waals surface area contributed by atoms with E-state index in [-0.39, 0.29) is 31.4 Å². The summed E-state index contributed by atoms with van der Waals surface area (Å²) < 4.78 is 0. The minimum absolute atomic E-state index is 0. The third-order valence-corrected chi connectivity index (χ3v) is 1.80. The number of rotatable bonds is 7. The molecule has 0 aliphatic carbocycles. The molecule has 1 rings (SSSR count). The van der Waals surface area contributed by atoms with Crippen molar-refractivity contribution in [2.75, 3.05) is 26.2 Å². The van der Waals surface area contributed by atoms with E-state index >= 15 is 0 Å². The lowest BCUT2D eigenvalue weighted by molar-refractivity contribution is 0.292. The number of pyridine rings is 1. The molecule has 0 amide bonds. The molecule has 0 unspecified atom stereocenters. The maximum absolute atomic E-state index is 8.51. The van der Waals surface area contributed by atoms with E-state index in [1.54, 1.807) is 6.20 Å². The summed E-state index contributed by atoms with van der Waals surface area (Å²) in [5.41, 5.74) is 1.05. The van der Waals surface area contributed by atoms with Gasteiger partial charge in [0.1, 0.15) is 0 Å². The molecule has 0 aliphatic rings. The monoisotopic (exact) mass is 267 g/mol. The third-order valence-electron chi connectivity index (χ3n) is 1.80. The molecule has 0 bridgehead atoms. The molecule has 1 aromatic heterocycles. The van der Waals surface area contributed by atoms with E-state index in [1.165, 1.54) is 0 Å². The van der Waals surface area contributed by atoms with Crippen molar-refractivity contribution in [2.24, 2.45) is 0 Å². The Balaban J connectivity index is 0. The van der Waals surface area contributed by atoms with E-state index in [9.17, 15) is 0 Å². The van der Waals surface area contributed by atoms with Crippen LogP contribution in [-0.2, 0) is 6.54 Å². The van der Waals surface area contributed by atoms with Crippen molar-refractivity contribution in [2.45, 2.75) is 6.54 Å². The standard InChI is InChI=1S/C10H17N3O.2ClH/c14-8-7-11-5-6-12-9-10-3-1-2-4-13-10;;/h1-4,11-12,14H,5-9H2;2*1H. The number of hydrogen-bond acceptors (Lipinski definition) is 4. The first-order chi connectivity index (χ1) is 6.93. The lowest BCUT2D eigenvalue weighted by Crippen LogP contribution is -2.28. The second-order valence-electron chi connectivity index (χ2n) is 2.97. The van der Waals surface area contributed by atoms with E-state index in [1.807, 2.05) is 18.2 Å². The Morgan fingerprint density at radius 2 is 1.81 bits per heavy atom. The highest BCUT2D eigenvalue weighted by Gasteiger charge is 1.91. The topological polar surface area (TPSA) is 57.2 Å². The van der Waals surface area contributed by atoms with Gasteiger partial charge in [0.2, 0.25) is 0 Å². The zero-order valence-corrected chi connectivity index (χ0v) is 10.7. The number of halogens is 2. The highest BCUT2D eigenvalue weighted by atomic mass is 35.5. The Morgan fingerprint density at radius 3 is 2.44 bits per heavy atom. The second-order valence-corrected chi connectivity index (χ2v) is 2.97. The van der Waals surface area contributed by atoms with Gasteiger partial charge in [-0.05, 0) is 12.1 Å². The molecule has 0 atom stereocenters. The number of hydrogen-bond donors (Lipinski definition) is 3. The summed E-state index contributed by atoms with van der Waals surface area (Å²) in [6, 6.07) is 5.88. The van der Waals surface area contributed by atoms with Gasteiger partial charge in [-0.25, -0.2) is 0 Å². The molecule has 16 heavy (non-hydrogen) atoms. The van der Waals surface area contributed by atoms with Crippen molar-refractivity contribution in [3.05, 3.63) is 30.1 Å². The van der Waals surface area contributed by atoms with Gasteiger partial charge in [-0.1, -0.05) is 6.07 Å². The summed E-state index contributed by atoms with van der Waals surface area (Å²) in [5.74, 6) is 0. The van der Waals surface area contributed by atoms with E-state index in [0.717, 1.165) is 25.3 Å². The Morgan fingerprint density at radius 1 is 1.06 bits per heavy atom. The highest BCUT2D eigenvalue weighted by Crippen LogP contribution is 1.90. The Kier molecular flexibility index (Phi) is 14.3. The second kappa shape index (κ2) is 12.7. The van der Waals surface area contributed by atoms with Crippen molar-refractivity contribution in [3.63, 3.8) is 0 Å². The first kappa shape index (κ1) is 18.0. The molecule has 0 radical (unpaired) electrons. The molecular formula is C10H19Cl2N3O. The summed E-state index contributed by atoms with van der Waals surface area (Å²) in [7, 11) is 0. The number of aromatic nitrogens is 1. The lowest BCUT2D eigenvalue weighted by atomic mass is 10.3. The summed E-state index contributed by atoms with van der Waals surface area (Å²) in [5, 5.41) is 14.9. The summed E-state index contributed by atoms with van der Waals surface area (Å²) in [6.07, 6.45) is 1.79. The maximum Gasteiger partial charge on any atom is 0.0555 e. The maximum atomic E-state index is 8.51. The SMILES string of the molecule is Cl.Cl.OCCNCCNCc1ccccn1. The molecule has 0 spiro atoms. The van der Waals surface area contributed by atoms with Gasteiger partial charge in [0.15, 0.2) is 0 Å². The highest BCUT2D eigenvalue weighted by molar-refractivity contribution is 5.85. The van der Waals surface area contributed by atoms with Crippen molar-refractivity contribution < 1.29 is 5.11 Å². The molecule has 4 nitrogen and oxygen atoms in total. The first-order valence-electron chi connectivity index (χ1n) is 4.85. The molecule has 0 saturated carbocycles. The van der Waals surface area contributed by atoms with Crippen LogP contribution < -0.4 is 10.6 Å². The van der Waals surface area contributed by atoms with Crippen molar-refractivity contribution in [3.8, 4) is 0 Å². The first-order valence-corrected chi connectivity index (χ1v) is 4.85. The van der Waals surface area contributed by atoms with E-state index in [0.29, 0.717) is 6.54 Å². The fourth-order valence-corrected chi connectivity index (χ4v) is 1.10. The van der Waals surface area contributed by atoms with Gasteiger partial charge in [-0.3, -0.25) is 4.98 Å². The number of nitrogens with zero attached hydrogens (tertiary/aromatic N) is 1. The third kappa shape index (κ3) is 8.88. The predicted molar refractivity (Wildman–Crippen MR) is 70.4 cm³/mol. The zero-order valence-electron chi connectivity index (χ0n) is 9.06. The average Bonchev–Trinajstić information content (AvgIpc) is 2.25. The van der Waals surface area contributed by atoms with E-state index < -0.39 is 0 Å². The van der Waals surface area contributed by atoms with Gasteiger partial charge in [0.05, 0.1) is 12.3 Å². The van der Waals surface area contributed by atoms with Crippen LogP contribution in [0.25, 0.3) is 0 Å². The van der Waals surface area contributed by atoms with Crippen LogP contribution >= 0.6 is 24.8 Å². The molecule has 94 valence electrons. The molecular weight excluding hydrogens is 249 g/mol. The van der Waals surface area contributed by atoms with Crippen LogP contribution in [0.1, 0.15) is 5.69 Å². The van der Waals surface area contributed by atoms with Gasteiger partial charge < -0.3 is 15.7 Å². The minimum atomic E-state index is 0. The quantitative estimate of drug-likeness (QED) is 0.634. The van der Waals surface area contributed by atoms with Gasteiger partial charge >= 0.3 is 0 Å². The van der Waals surface area contributed by atoms with Crippen LogP contribution in [0.5, 0.6) is 0 Å². The molecule has 1 heterocycles. The molecule has 3 N–H and O–H groups in total. The largest absolute Gasteiger partial charge is 0.395 e. The summed E-state index contributed by atoms with van der Waals surface area (Å²) in [6.45, 7) is 3.40. The van der Waals surface area contributed by atoms with E-state index in [4.69, 9.17) is 5.11 Å². The summed E-state index contributed by atoms with van der Waals surface area (Å²) >= 11 is 0. The Bertz CT molecular complexity index is 237. The van der Waals surface area contributed by atoms with Crippen LogP contribution in [0.15, 0.2) is 24.4 Å². The number of aliphatic hydroxyl groups is 1. The van der Waals surface area contributed by atoms with Crippen LogP contribution in [0.2, 0.25) is 0 Å². The van der Waals surface area contributed by atoms with E-state index in [2.05, 4.69) is 15.6 Å². The molecule has 0 fully saturated rings. The van der Waals surface area contributed by atoms with Crippen molar-refractivity contribution in [1.29, 1.82) is 0 Å². The molecule has 0 saturated heterocycles. The molecule has 6 heteroatoms. The van der Waals surface area contributed by atoms with Crippen LogP contribution in [-0.4, -0.2) is 36.3 Å². The van der Waals surface area contributed by atoms with Gasteiger partial charge in [-0.15, -0.1) is 24.8 Å². The number of aliphatic hydroxyl groups excluding tert-OH is 1. The predicted octanol–water partition coefficient (Wildman–Crippen LogP) is 0.597. The normalized spacial score (nSPS) is 9.06. The van der Waals surface area contributed by atoms with Crippen LogP contribution in [0, 0.1) is 0 Å². The Labute approximate surface area is 109 Å². The average molecular weight is 268 g/mol. The van der Waals surface area contributed by atoms with Crippen molar-refractivity contribution >= 4 is 24.8 Å². The zero-order chi connectivity index (χ0) is 10.1. The summed E-state index contributed by atoms with van der Waals surface area (Å²) in [4.78, 5) is 4.19. The molecule has 0 aliphatic heterocycles. The smallest absolute Gasteiger partial charge is 0.0555 e. The van der Waals surface area contributed by atoms with Crippen molar-refractivity contribution in [1.82, 2.24) is 15.6 Å². The Hall–Kier alpha value is -0.390. The van der Waals surface area contributed by atoms with Crippen LogP contribution in [0.4, 0.5) is 0 Å². The number of nitrogens with one attached hydrogen (secondary N) is 2. The fraction of sp³-hybridized carbons (Fsp3) is 0.500. The minimum Gasteiger partial charge on any atom is -0.395 e. The molecule has 1 aromatic rings. The fourth-order valence-electron chi connectivity index (χ4n) is 1.10. The van der Waals surface area contributed by atoms with Gasteiger partial charge in [-0.2, -0.15) is 0 Å². The van der Waals surface area contributed by atoms with Gasteiger partial charge in [0, 0.05) is 32.4 Å². The van der Waals surface area contributed by atoms with Gasteiger partial charge in [0.25, 0.3) is 0 Å².